The van der Waals surface area contributed by atoms with Crippen molar-refractivity contribution < 1.29 is 5.11 Å². The quantitative estimate of drug-likeness (QED) is 0.813. The van der Waals surface area contributed by atoms with Crippen LogP contribution in [0.1, 0.15) is 5.56 Å². The zero-order valence-corrected chi connectivity index (χ0v) is 9.74. The van der Waals surface area contributed by atoms with Crippen molar-refractivity contribution in [2.75, 3.05) is 0 Å². The van der Waals surface area contributed by atoms with Gasteiger partial charge in [-0.3, -0.25) is 0 Å². The average molecular weight is 263 g/mol. The van der Waals surface area contributed by atoms with Crippen LogP contribution in [-0.4, -0.2) is 5.11 Å². The van der Waals surface area contributed by atoms with E-state index in [1.54, 1.807) is 12.1 Å². The van der Waals surface area contributed by atoms with Gasteiger partial charge in [-0.05, 0) is 28.8 Å². The highest BCUT2D eigenvalue weighted by Crippen LogP contribution is 2.22. The van der Waals surface area contributed by atoms with Gasteiger partial charge in [0.25, 0.3) is 0 Å². The minimum atomic E-state index is 0.302. The largest absolute Gasteiger partial charge is 0.508 e. The van der Waals surface area contributed by atoms with E-state index in [1.807, 2.05) is 12.1 Å². The number of phenols is 1. The van der Waals surface area contributed by atoms with Gasteiger partial charge in [-0.15, -0.1) is 0 Å². The number of phenolic OH excluding ortho intramolecular Hbond substituents is 1. The Morgan fingerprint density at radius 2 is 1.27 bits per heavy atom. The summed E-state index contributed by atoms with van der Waals surface area (Å²) in [5.41, 5.74) is 3.55. The Morgan fingerprint density at radius 3 is 1.73 bits per heavy atom. The van der Waals surface area contributed by atoms with Crippen LogP contribution in [0.3, 0.4) is 0 Å². The molecule has 1 nitrogen and oxygen atoms in total. The highest BCUT2D eigenvalue weighted by Gasteiger charge is 1.97. The van der Waals surface area contributed by atoms with Crippen LogP contribution in [0.2, 0.25) is 0 Å². The van der Waals surface area contributed by atoms with Crippen LogP contribution >= 0.6 is 15.9 Å². The summed E-state index contributed by atoms with van der Waals surface area (Å²) >= 11 is 3.41. The molecule has 0 saturated carbocycles. The normalized spacial score (nSPS) is 10.2. The van der Waals surface area contributed by atoms with Gasteiger partial charge in [0.05, 0.1) is 0 Å². The molecule has 0 aliphatic carbocycles. The summed E-state index contributed by atoms with van der Waals surface area (Å²) in [6.45, 7) is 0. The lowest BCUT2D eigenvalue weighted by atomic mass is 10.0. The van der Waals surface area contributed by atoms with Crippen LogP contribution in [0.25, 0.3) is 11.1 Å². The summed E-state index contributed by atoms with van der Waals surface area (Å²) in [7, 11) is 0. The Hall–Kier alpha value is -1.28. The van der Waals surface area contributed by atoms with Gasteiger partial charge in [-0.2, -0.15) is 0 Å². The van der Waals surface area contributed by atoms with Crippen molar-refractivity contribution in [3.05, 3.63) is 54.1 Å². The molecule has 0 aliphatic rings. The molecule has 0 heterocycles. The third-order valence-corrected chi connectivity index (χ3v) is 2.96. The third-order valence-electron chi connectivity index (χ3n) is 2.31. The zero-order valence-electron chi connectivity index (χ0n) is 8.15. The van der Waals surface area contributed by atoms with E-state index in [0.717, 1.165) is 10.9 Å². The fourth-order valence-electron chi connectivity index (χ4n) is 1.44. The lowest BCUT2D eigenvalue weighted by Crippen LogP contribution is -1.79. The van der Waals surface area contributed by atoms with Gasteiger partial charge in [0, 0.05) is 5.33 Å². The lowest BCUT2D eigenvalue weighted by Gasteiger charge is -2.02. The maximum Gasteiger partial charge on any atom is 0.115 e. The summed E-state index contributed by atoms with van der Waals surface area (Å²) in [6, 6.07) is 15.6. The highest BCUT2D eigenvalue weighted by atomic mass is 79.9. The highest BCUT2D eigenvalue weighted by molar-refractivity contribution is 9.08. The summed E-state index contributed by atoms with van der Waals surface area (Å²) < 4.78 is 0. The van der Waals surface area contributed by atoms with Crippen molar-refractivity contribution in [3.8, 4) is 16.9 Å². The lowest BCUT2D eigenvalue weighted by molar-refractivity contribution is 0.475. The van der Waals surface area contributed by atoms with Crippen molar-refractivity contribution in [1.82, 2.24) is 0 Å². The molecule has 0 radical (unpaired) electrons. The molecule has 0 unspecified atom stereocenters. The second kappa shape index (κ2) is 4.49. The smallest absolute Gasteiger partial charge is 0.115 e. The second-order valence-corrected chi connectivity index (χ2v) is 3.94. The molecule has 76 valence electrons. The number of hydrogen-bond donors (Lipinski definition) is 1. The molecule has 15 heavy (non-hydrogen) atoms. The van der Waals surface area contributed by atoms with Gasteiger partial charge in [0.15, 0.2) is 0 Å². The van der Waals surface area contributed by atoms with E-state index in [4.69, 9.17) is 0 Å². The van der Waals surface area contributed by atoms with E-state index >= 15 is 0 Å². The number of halogens is 1. The second-order valence-electron chi connectivity index (χ2n) is 3.38. The molecule has 0 fully saturated rings. The number of aromatic hydroxyl groups is 1. The molecule has 0 spiro atoms. The van der Waals surface area contributed by atoms with E-state index in [-0.39, 0.29) is 0 Å². The molecule has 2 aromatic carbocycles. The van der Waals surface area contributed by atoms with Crippen molar-refractivity contribution >= 4 is 15.9 Å². The number of hydrogen-bond acceptors (Lipinski definition) is 1. The van der Waals surface area contributed by atoms with Crippen molar-refractivity contribution in [2.45, 2.75) is 5.33 Å². The first kappa shape index (κ1) is 10.2. The van der Waals surface area contributed by atoms with E-state index in [2.05, 4.69) is 40.2 Å². The Balaban J connectivity index is 2.33. The molecule has 2 aromatic rings. The van der Waals surface area contributed by atoms with Crippen LogP contribution in [0.5, 0.6) is 5.75 Å². The van der Waals surface area contributed by atoms with E-state index in [1.165, 1.54) is 11.1 Å². The molecule has 0 aliphatic heterocycles. The van der Waals surface area contributed by atoms with Gasteiger partial charge in [0.2, 0.25) is 0 Å². The van der Waals surface area contributed by atoms with Crippen molar-refractivity contribution in [2.24, 2.45) is 0 Å². The van der Waals surface area contributed by atoms with Crippen molar-refractivity contribution in [1.29, 1.82) is 0 Å². The van der Waals surface area contributed by atoms with Gasteiger partial charge in [-0.1, -0.05) is 52.3 Å². The molecule has 0 saturated heterocycles. The summed E-state index contributed by atoms with van der Waals surface area (Å²) in [5.74, 6) is 0.302. The number of rotatable bonds is 2. The molecule has 1 N–H and O–H groups in total. The van der Waals surface area contributed by atoms with Crippen LogP contribution in [0, 0.1) is 0 Å². The summed E-state index contributed by atoms with van der Waals surface area (Å²) in [6.07, 6.45) is 0. The summed E-state index contributed by atoms with van der Waals surface area (Å²) in [5, 5.41) is 10.1. The first-order chi connectivity index (χ1) is 7.29. The molecule has 0 amide bonds. The number of alkyl halides is 1. The van der Waals surface area contributed by atoms with Gasteiger partial charge in [-0.25, -0.2) is 0 Å². The molecule has 2 heteroatoms. The Bertz CT molecular complexity index is 431. The van der Waals surface area contributed by atoms with Gasteiger partial charge >= 0.3 is 0 Å². The Labute approximate surface area is 97.5 Å². The van der Waals surface area contributed by atoms with Crippen LogP contribution in [0.4, 0.5) is 0 Å². The Kier molecular flexibility index (Phi) is 3.07. The van der Waals surface area contributed by atoms with E-state index in [0.29, 0.717) is 5.75 Å². The third kappa shape index (κ3) is 2.39. The fraction of sp³-hybridized carbons (Fsp3) is 0.0769. The predicted molar refractivity (Wildman–Crippen MR) is 66.2 cm³/mol. The predicted octanol–water partition coefficient (Wildman–Crippen LogP) is 3.95. The minimum Gasteiger partial charge on any atom is -0.508 e. The maximum atomic E-state index is 9.18. The van der Waals surface area contributed by atoms with Crippen LogP contribution in [0.15, 0.2) is 48.5 Å². The Morgan fingerprint density at radius 1 is 0.800 bits per heavy atom. The molecule has 0 aromatic heterocycles. The average Bonchev–Trinajstić information content (AvgIpc) is 2.30. The molecule has 2 rings (SSSR count). The van der Waals surface area contributed by atoms with Crippen LogP contribution < -0.4 is 0 Å². The van der Waals surface area contributed by atoms with Gasteiger partial charge < -0.3 is 5.11 Å². The molecule has 0 atom stereocenters. The standard InChI is InChI=1S/C13H11BrO/c14-9-10-1-3-11(4-2-10)12-5-7-13(15)8-6-12/h1-8,15H,9H2. The first-order valence-electron chi connectivity index (χ1n) is 4.74. The van der Waals surface area contributed by atoms with E-state index in [9.17, 15) is 5.11 Å². The number of benzene rings is 2. The SMILES string of the molecule is Oc1ccc(-c2ccc(CBr)cc2)cc1. The van der Waals surface area contributed by atoms with E-state index < -0.39 is 0 Å². The minimum absolute atomic E-state index is 0.302. The first-order valence-corrected chi connectivity index (χ1v) is 5.86. The van der Waals surface area contributed by atoms with Crippen LogP contribution in [-0.2, 0) is 5.33 Å². The maximum absolute atomic E-state index is 9.18. The topological polar surface area (TPSA) is 20.2 Å². The zero-order chi connectivity index (χ0) is 10.7. The molecular weight excluding hydrogens is 252 g/mol. The molecule has 0 bridgehead atoms. The van der Waals surface area contributed by atoms with Crippen molar-refractivity contribution in [3.63, 3.8) is 0 Å². The van der Waals surface area contributed by atoms with Gasteiger partial charge in [0.1, 0.15) is 5.75 Å². The summed E-state index contributed by atoms with van der Waals surface area (Å²) in [4.78, 5) is 0. The molecular formula is C13H11BrO. The fourth-order valence-corrected chi connectivity index (χ4v) is 1.81. The monoisotopic (exact) mass is 262 g/mol.